The van der Waals surface area contributed by atoms with Crippen molar-refractivity contribution in [3.8, 4) is 0 Å². The maximum Gasteiger partial charge on any atom is 0.246 e. The molecule has 584 valence electrons. The molecule has 9 atom stereocenters. The second-order valence-electron chi connectivity index (χ2n) is 30.0. The van der Waals surface area contributed by atoms with Gasteiger partial charge in [0.2, 0.25) is 76.8 Å². The Balaban J connectivity index is 3.22. The molecule has 0 bridgehead atoms. The standard InChI is InChI=1S/C77H127N13O13S/c1-23-26-32-54(14)44-63-72(98)78-56(34-35-65(91)82-104-22)74(100)86(19)60(41-51(8)9)69(95)79-57(39-49(4)5)73(99)83(16)47-67(93)85(18)64(45-55(15)33-27-24-2)77(103)88(21)62(43-53(12)13)71(97)80-58(40-50(6)7)75(101)87(20)61(42-52(10)11)70(96)81-59(76(102)89-37-30-29-31-38-89)46-66(92)90(36-28-25-3)48-68(94)84(63)17/h23-24,26-27,32-33,49-53,56-64H,1-2,14-15,25,28-31,34-48H2,3-13,16-22H3,(H,78,98)(H,79,95)(H,80,97)(H,81,96)(H,82,91)/b32-26-,33-27-/t56?,57-,58-,59?,60-,61-,62-,63-,64-/m0/s1. The molecule has 0 aromatic heterocycles. The molecule has 0 saturated carbocycles. The lowest BCUT2D eigenvalue weighted by molar-refractivity contribution is -0.150. The van der Waals surface area contributed by atoms with E-state index in [0.29, 0.717) is 49.9 Å². The smallest absolute Gasteiger partial charge is 0.246 e. The maximum atomic E-state index is 15.3. The van der Waals surface area contributed by atoms with Crippen molar-refractivity contribution in [2.24, 2.45) is 29.6 Å². The third-order valence-electron chi connectivity index (χ3n) is 18.6. The van der Waals surface area contributed by atoms with Gasteiger partial charge in [-0.15, -0.1) is 0 Å². The van der Waals surface area contributed by atoms with Crippen molar-refractivity contribution in [2.45, 2.75) is 227 Å². The summed E-state index contributed by atoms with van der Waals surface area (Å²) in [5, 5.41) is 11.5. The number of carbonyl (C=O) groups excluding carboxylic acids is 13. The van der Waals surface area contributed by atoms with Crippen molar-refractivity contribution in [1.82, 2.24) is 65.2 Å². The number of nitrogens with zero attached hydrogens (tertiary/aromatic N) is 8. The lowest BCUT2D eigenvalue weighted by atomic mass is 9.96. The van der Waals surface area contributed by atoms with Crippen LogP contribution >= 0.6 is 11.9 Å². The Hall–Kier alpha value is -8.10. The molecule has 27 heteroatoms. The van der Waals surface area contributed by atoms with Crippen LogP contribution in [0.1, 0.15) is 172 Å². The first-order chi connectivity index (χ1) is 48.8. The highest BCUT2D eigenvalue weighted by Gasteiger charge is 2.43. The Bertz CT molecular complexity index is 3050. The van der Waals surface area contributed by atoms with E-state index in [1.54, 1.807) is 35.5 Å². The number of piperidine rings is 1. The molecule has 0 radical (unpaired) electrons. The van der Waals surface area contributed by atoms with Crippen LogP contribution in [0, 0.1) is 29.6 Å². The molecule has 0 aromatic rings. The Kier molecular flexibility index (Phi) is 40.7. The zero-order valence-corrected chi connectivity index (χ0v) is 66.6. The van der Waals surface area contributed by atoms with Gasteiger partial charge in [0.05, 0.1) is 19.5 Å². The molecule has 104 heavy (non-hydrogen) atoms. The van der Waals surface area contributed by atoms with Gasteiger partial charge in [0.1, 0.15) is 54.4 Å². The fraction of sp³-hybridized carbons (Fsp3) is 0.675. The number of likely N-dealkylation sites (N-methyl/N-ethyl adjacent to an activating group) is 6. The summed E-state index contributed by atoms with van der Waals surface area (Å²) in [6, 6.07) is -12.1. The maximum absolute atomic E-state index is 15.3. The van der Waals surface area contributed by atoms with E-state index in [1.807, 2.05) is 76.2 Å². The van der Waals surface area contributed by atoms with Gasteiger partial charge < -0.3 is 65.2 Å². The van der Waals surface area contributed by atoms with Gasteiger partial charge in [-0.1, -0.05) is 168 Å². The van der Waals surface area contributed by atoms with Crippen LogP contribution in [0.25, 0.3) is 0 Å². The van der Waals surface area contributed by atoms with E-state index in [9.17, 15) is 28.8 Å². The summed E-state index contributed by atoms with van der Waals surface area (Å²) in [5.74, 6) is -10.1. The summed E-state index contributed by atoms with van der Waals surface area (Å²) in [4.78, 5) is 204. The van der Waals surface area contributed by atoms with Crippen LogP contribution in [0.15, 0.2) is 73.9 Å². The van der Waals surface area contributed by atoms with Gasteiger partial charge in [0.15, 0.2) is 0 Å². The molecule has 5 N–H and O–H groups in total. The summed E-state index contributed by atoms with van der Waals surface area (Å²) in [6.45, 7) is 35.7. The first-order valence-corrected chi connectivity index (χ1v) is 38.1. The van der Waals surface area contributed by atoms with Crippen molar-refractivity contribution in [2.75, 3.05) is 81.3 Å². The largest absolute Gasteiger partial charge is 0.342 e. The molecule has 2 fully saturated rings. The van der Waals surface area contributed by atoms with Crippen LogP contribution < -0.4 is 26.0 Å². The molecule has 0 aliphatic carbocycles. The fourth-order valence-corrected chi connectivity index (χ4v) is 12.9. The number of unbranched alkanes of at least 4 members (excludes halogenated alkanes) is 1. The van der Waals surface area contributed by atoms with Gasteiger partial charge in [-0.05, 0) is 93.8 Å². The minimum Gasteiger partial charge on any atom is -0.342 e. The van der Waals surface area contributed by atoms with Crippen LogP contribution in [-0.4, -0.2) is 252 Å². The van der Waals surface area contributed by atoms with Gasteiger partial charge >= 0.3 is 0 Å². The second kappa shape index (κ2) is 46.0. The van der Waals surface area contributed by atoms with Gasteiger partial charge in [0.25, 0.3) is 0 Å². The Labute approximate surface area is 625 Å². The van der Waals surface area contributed by atoms with Crippen molar-refractivity contribution in [3.63, 3.8) is 0 Å². The van der Waals surface area contributed by atoms with Crippen molar-refractivity contribution in [3.05, 3.63) is 73.9 Å². The second-order valence-corrected chi connectivity index (χ2v) is 30.6. The predicted octanol–water partition coefficient (Wildman–Crippen LogP) is 6.35. The molecule has 2 aliphatic heterocycles. The Morgan fingerprint density at radius 3 is 1.37 bits per heavy atom. The number of nitrogens with one attached hydrogen (secondary N) is 5. The zero-order chi connectivity index (χ0) is 79.0. The monoisotopic (exact) mass is 1470 g/mol. The summed E-state index contributed by atoms with van der Waals surface area (Å²) >= 11 is 1.02. The fourth-order valence-electron chi connectivity index (χ4n) is 12.6. The van der Waals surface area contributed by atoms with Crippen molar-refractivity contribution >= 4 is 88.7 Å². The summed E-state index contributed by atoms with van der Waals surface area (Å²) in [5.41, 5.74) is 0.770. The Morgan fingerprint density at radius 1 is 0.510 bits per heavy atom. The Morgan fingerprint density at radius 2 is 0.913 bits per heavy atom. The lowest BCUT2D eigenvalue weighted by Crippen LogP contribution is -2.61. The van der Waals surface area contributed by atoms with Crippen molar-refractivity contribution < 1.29 is 62.3 Å². The van der Waals surface area contributed by atoms with E-state index in [4.69, 9.17) is 0 Å². The van der Waals surface area contributed by atoms with Crippen LogP contribution in [0.2, 0.25) is 0 Å². The number of likely N-dealkylation sites (tertiary alicyclic amines) is 1. The topological polar surface area (TPSA) is 308 Å². The molecule has 2 aliphatic rings. The van der Waals surface area contributed by atoms with E-state index in [-0.39, 0.29) is 93.9 Å². The lowest BCUT2D eigenvalue weighted by Gasteiger charge is -2.37. The summed E-state index contributed by atoms with van der Waals surface area (Å²) < 4.78 is 2.63. The van der Waals surface area contributed by atoms with E-state index in [2.05, 4.69) is 52.3 Å². The molecule has 13 amide bonds. The van der Waals surface area contributed by atoms with E-state index >= 15 is 33.6 Å². The molecule has 26 nitrogen and oxygen atoms in total. The number of amides is 13. The zero-order valence-electron chi connectivity index (χ0n) is 65.8. The van der Waals surface area contributed by atoms with Crippen LogP contribution in [0.3, 0.4) is 0 Å². The average molecular weight is 1480 g/mol. The molecule has 2 unspecified atom stereocenters. The van der Waals surface area contributed by atoms with Crippen LogP contribution in [0.5, 0.6) is 0 Å². The summed E-state index contributed by atoms with van der Waals surface area (Å²) in [6.07, 6.45) is 13.1. The van der Waals surface area contributed by atoms with Gasteiger partial charge in [-0.3, -0.25) is 62.3 Å². The molecule has 2 saturated heterocycles. The molecular formula is C77H127N13O13S. The van der Waals surface area contributed by atoms with E-state index in [0.717, 1.165) is 33.1 Å². The number of hydrogen-bond donors (Lipinski definition) is 5. The van der Waals surface area contributed by atoms with E-state index < -0.39 is 151 Å². The average Bonchev–Trinajstić information content (AvgIpc) is 0.871. The molecule has 0 aromatic carbocycles. The summed E-state index contributed by atoms with van der Waals surface area (Å²) in [7, 11) is 8.39. The SMILES string of the molecule is C=C/C=C\C(=C)C[C@H]1C(=O)NC(CCC(=O)NSC)C(=O)N(C)[C@@H](CC(C)C)C(=O)N[C@@H](CC(C)C)C(=O)N(C)CC(=O)N(C)[C@@H](CC(=C)/C=C\C=C)C(=O)N(C)[C@@H](CC(C)C)C(=O)N[C@@H](CC(C)C)C(=O)N(C)[C@@H](CC(C)C)C(=O)NC(C(=O)N2CCCCC2)CC(=O)N(CCCC)CC(=O)N1C. The van der Waals surface area contributed by atoms with Crippen LogP contribution in [0.4, 0.5) is 0 Å². The minimum atomic E-state index is -1.51. The van der Waals surface area contributed by atoms with E-state index in [1.165, 1.54) is 74.0 Å². The van der Waals surface area contributed by atoms with Gasteiger partial charge in [0, 0.05) is 87.4 Å². The van der Waals surface area contributed by atoms with Gasteiger partial charge in [-0.2, -0.15) is 0 Å². The predicted molar refractivity (Wildman–Crippen MR) is 409 cm³/mol. The number of carbonyl (C=O) groups is 13. The normalized spacial score (nSPS) is 23.6. The first-order valence-electron chi connectivity index (χ1n) is 36.9. The first kappa shape index (κ1) is 92.0. The molecule has 2 rings (SSSR count). The third-order valence-corrected chi connectivity index (χ3v) is 19.0. The third kappa shape index (κ3) is 30.2. The highest BCUT2D eigenvalue weighted by molar-refractivity contribution is 7.97. The molecule has 2 heterocycles. The highest BCUT2D eigenvalue weighted by Crippen LogP contribution is 2.24. The molecular weight excluding hydrogens is 1350 g/mol. The quantitative estimate of drug-likeness (QED) is 0.0466. The van der Waals surface area contributed by atoms with Gasteiger partial charge in [-0.25, -0.2) is 0 Å². The number of hydrogen-bond acceptors (Lipinski definition) is 14. The minimum absolute atomic E-state index is 0.0211. The van der Waals surface area contributed by atoms with Crippen LogP contribution in [-0.2, 0) is 62.3 Å². The highest BCUT2D eigenvalue weighted by atomic mass is 32.2. The number of allylic oxidation sites excluding steroid dienone is 6. The molecule has 0 spiro atoms. The number of rotatable bonds is 26. The van der Waals surface area contributed by atoms with Crippen molar-refractivity contribution in [1.29, 1.82) is 0 Å².